The Morgan fingerprint density at radius 2 is 2.29 bits per heavy atom. The van der Waals surface area contributed by atoms with Crippen LogP contribution in [0.5, 0.6) is 0 Å². The van der Waals surface area contributed by atoms with Crippen LogP contribution >= 0.6 is 0 Å². The Kier molecular flexibility index (Phi) is 2.13. The third-order valence-electron chi connectivity index (χ3n) is 2.26. The summed E-state index contributed by atoms with van der Waals surface area (Å²) in [5, 5.41) is 0. The van der Waals surface area contributed by atoms with E-state index in [4.69, 9.17) is 10.5 Å². The topological polar surface area (TPSA) is 52.5 Å². The van der Waals surface area contributed by atoms with Crippen LogP contribution in [0.1, 0.15) is 11.4 Å². The molecule has 0 amide bonds. The summed E-state index contributed by atoms with van der Waals surface area (Å²) in [6, 6.07) is 3.75. The maximum Gasteiger partial charge on any atom is 0.137 e. The number of pyridine rings is 1. The van der Waals surface area contributed by atoms with Crippen LogP contribution in [0.15, 0.2) is 18.3 Å². The Balaban J connectivity index is 2.62. The first kappa shape index (κ1) is 9.02. The monoisotopic (exact) mass is 191 g/mol. The highest BCUT2D eigenvalue weighted by molar-refractivity contribution is 5.49. The number of aromatic nitrogens is 2. The molecule has 14 heavy (non-hydrogen) atoms. The van der Waals surface area contributed by atoms with Crippen molar-refractivity contribution in [3.8, 4) is 0 Å². The van der Waals surface area contributed by atoms with Crippen LogP contribution in [0.25, 0.3) is 5.65 Å². The van der Waals surface area contributed by atoms with E-state index in [1.165, 1.54) is 0 Å². The summed E-state index contributed by atoms with van der Waals surface area (Å²) in [7, 11) is 1.66. The largest absolute Gasteiger partial charge is 0.398 e. The molecule has 0 bridgehead atoms. The van der Waals surface area contributed by atoms with Gasteiger partial charge in [-0.15, -0.1) is 0 Å². The highest BCUT2D eigenvalue weighted by Gasteiger charge is 2.07. The van der Waals surface area contributed by atoms with Gasteiger partial charge in [0.05, 0.1) is 12.3 Å². The van der Waals surface area contributed by atoms with Gasteiger partial charge in [0.2, 0.25) is 0 Å². The highest BCUT2D eigenvalue weighted by atomic mass is 16.5. The van der Waals surface area contributed by atoms with E-state index in [1.807, 2.05) is 29.7 Å². The number of ether oxygens (including phenoxy) is 1. The van der Waals surface area contributed by atoms with Crippen molar-refractivity contribution in [2.24, 2.45) is 0 Å². The Morgan fingerprint density at radius 3 is 3.00 bits per heavy atom. The fourth-order valence-corrected chi connectivity index (χ4v) is 1.50. The summed E-state index contributed by atoms with van der Waals surface area (Å²) in [4.78, 5) is 4.43. The Labute approximate surface area is 82.3 Å². The second-order valence-corrected chi connectivity index (χ2v) is 3.27. The van der Waals surface area contributed by atoms with Crippen molar-refractivity contribution >= 4 is 11.3 Å². The smallest absolute Gasteiger partial charge is 0.137 e. The number of nitrogens with zero attached hydrogens (tertiary/aromatic N) is 2. The highest BCUT2D eigenvalue weighted by Crippen LogP contribution is 2.14. The minimum atomic E-state index is 0.535. The van der Waals surface area contributed by atoms with Crippen LogP contribution in [0.4, 0.5) is 5.69 Å². The van der Waals surface area contributed by atoms with Gasteiger partial charge in [0, 0.05) is 24.7 Å². The van der Waals surface area contributed by atoms with Gasteiger partial charge in [-0.25, -0.2) is 4.98 Å². The lowest BCUT2D eigenvalue weighted by atomic mass is 10.3. The van der Waals surface area contributed by atoms with Gasteiger partial charge in [-0.3, -0.25) is 0 Å². The lowest BCUT2D eigenvalue weighted by Gasteiger charge is -1.98. The van der Waals surface area contributed by atoms with Crippen molar-refractivity contribution in [1.82, 2.24) is 9.38 Å². The lowest BCUT2D eigenvalue weighted by Crippen LogP contribution is -1.93. The van der Waals surface area contributed by atoms with E-state index in [0.29, 0.717) is 6.61 Å². The van der Waals surface area contributed by atoms with E-state index in [9.17, 15) is 0 Å². The SMILES string of the molecule is COCc1nc2ccc(N)cn2c1C. The summed E-state index contributed by atoms with van der Waals surface area (Å²) < 4.78 is 7.04. The molecule has 2 N–H and O–H groups in total. The van der Waals surface area contributed by atoms with Crippen LogP contribution in [0.3, 0.4) is 0 Å². The van der Waals surface area contributed by atoms with Crippen LogP contribution in [-0.4, -0.2) is 16.5 Å². The zero-order chi connectivity index (χ0) is 10.1. The molecular formula is C10H13N3O. The summed E-state index contributed by atoms with van der Waals surface area (Å²) >= 11 is 0. The van der Waals surface area contributed by atoms with Crippen molar-refractivity contribution in [3.63, 3.8) is 0 Å². The summed E-state index contributed by atoms with van der Waals surface area (Å²) in [6.45, 7) is 2.54. The molecule has 74 valence electrons. The number of aryl methyl sites for hydroxylation is 1. The minimum Gasteiger partial charge on any atom is -0.398 e. The first-order valence-electron chi connectivity index (χ1n) is 4.44. The third kappa shape index (κ3) is 1.33. The quantitative estimate of drug-likeness (QED) is 0.780. The van der Waals surface area contributed by atoms with Gasteiger partial charge in [-0.05, 0) is 19.1 Å². The number of methoxy groups -OCH3 is 1. The fraction of sp³-hybridized carbons (Fsp3) is 0.300. The van der Waals surface area contributed by atoms with E-state index < -0.39 is 0 Å². The molecular weight excluding hydrogens is 178 g/mol. The number of hydrogen-bond acceptors (Lipinski definition) is 3. The zero-order valence-electron chi connectivity index (χ0n) is 8.32. The fourth-order valence-electron chi connectivity index (χ4n) is 1.50. The molecule has 4 nitrogen and oxygen atoms in total. The molecule has 2 aromatic rings. The van der Waals surface area contributed by atoms with Crippen LogP contribution in [0.2, 0.25) is 0 Å². The molecule has 0 aliphatic carbocycles. The van der Waals surface area contributed by atoms with Crippen molar-refractivity contribution in [2.45, 2.75) is 13.5 Å². The molecule has 0 saturated carbocycles. The predicted molar refractivity (Wildman–Crippen MR) is 55.1 cm³/mol. The van der Waals surface area contributed by atoms with E-state index in [1.54, 1.807) is 7.11 Å². The molecule has 0 atom stereocenters. The normalized spacial score (nSPS) is 11.0. The number of nitrogens with two attached hydrogens (primary N) is 1. The van der Waals surface area contributed by atoms with Gasteiger partial charge < -0.3 is 14.9 Å². The molecule has 2 aromatic heterocycles. The molecule has 0 aliphatic rings. The van der Waals surface area contributed by atoms with Gasteiger partial charge in [0.1, 0.15) is 5.65 Å². The molecule has 0 saturated heterocycles. The van der Waals surface area contributed by atoms with E-state index in [0.717, 1.165) is 22.7 Å². The maximum atomic E-state index is 5.70. The van der Waals surface area contributed by atoms with E-state index in [2.05, 4.69) is 4.98 Å². The standard InChI is InChI=1S/C10H13N3O/c1-7-9(6-14-2)12-10-4-3-8(11)5-13(7)10/h3-5H,6,11H2,1-2H3. The number of hydrogen-bond donors (Lipinski definition) is 1. The molecule has 0 aliphatic heterocycles. The van der Waals surface area contributed by atoms with Gasteiger partial charge in [0.15, 0.2) is 0 Å². The van der Waals surface area contributed by atoms with Crippen LogP contribution in [-0.2, 0) is 11.3 Å². The van der Waals surface area contributed by atoms with Crippen molar-refractivity contribution in [1.29, 1.82) is 0 Å². The predicted octanol–water partition coefficient (Wildman–Crippen LogP) is 1.37. The summed E-state index contributed by atoms with van der Waals surface area (Å²) in [5.74, 6) is 0. The second kappa shape index (κ2) is 3.31. The van der Waals surface area contributed by atoms with Crippen LogP contribution in [0, 0.1) is 6.92 Å². The number of nitrogen functional groups attached to an aromatic ring is 1. The molecule has 0 unspecified atom stereocenters. The van der Waals surface area contributed by atoms with E-state index in [-0.39, 0.29) is 0 Å². The Hall–Kier alpha value is -1.55. The van der Waals surface area contributed by atoms with Gasteiger partial charge in [-0.1, -0.05) is 0 Å². The maximum absolute atomic E-state index is 5.70. The van der Waals surface area contributed by atoms with Crippen molar-refractivity contribution in [3.05, 3.63) is 29.7 Å². The first-order chi connectivity index (χ1) is 6.72. The average molecular weight is 191 g/mol. The van der Waals surface area contributed by atoms with Crippen molar-refractivity contribution in [2.75, 3.05) is 12.8 Å². The molecule has 4 heteroatoms. The van der Waals surface area contributed by atoms with Gasteiger partial charge in [0.25, 0.3) is 0 Å². The zero-order valence-corrected chi connectivity index (χ0v) is 8.32. The first-order valence-corrected chi connectivity index (χ1v) is 4.44. The molecule has 2 heterocycles. The lowest BCUT2D eigenvalue weighted by molar-refractivity contribution is 0.181. The number of anilines is 1. The minimum absolute atomic E-state index is 0.535. The second-order valence-electron chi connectivity index (χ2n) is 3.27. The summed E-state index contributed by atoms with van der Waals surface area (Å²) in [5.41, 5.74) is 9.37. The van der Waals surface area contributed by atoms with Crippen LogP contribution < -0.4 is 5.73 Å². The average Bonchev–Trinajstić information content (AvgIpc) is 2.46. The number of rotatable bonds is 2. The Bertz CT molecular complexity index is 462. The third-order valence-corrected chi connectivity index (χ3v) is 2.26. The van der Waals surface area contributed by atoms with Gasteiger partial charge in [-0.2, -0.15) is 0 Å². The number of imidazole rings is 1. The molecule has 0 radical (unpaired) electrons. The number of fused-ring (bicyclic) bond motifs is 1. The summed E-state index contributed by atoms with van der Waals surface area (Å²) in [6.07, 6.45) is 1.87. The van der Waals surface area contributed by atoms with Crippen molar-refractivity contribution < 1.29 is 4.74 Å². The Morgan fingerprint density at radius 1 is 1.50 bits per heavy atom. The molecule has 0 aromatic carbocycles. The molecule has 0 fully saturated rings. The van der Waals surface area contributed by atoms with E-state index >= 15 is 0 Å². The van der Waals surface area contributed by atoms with Gasteiger partial charge >= 0.3 is 0 Å². The molecule has 0 spiro atoms. The molecule has 2 rings (SSSR count).